The summed E-state index contributed by atoms with van der Waals surface area (Å²) in [5.41, 5.74) is 2.70. The first-order valence-electron chi connectivity index (χ1n) is 4.09. The molecule has 1 nitrogen and oxygen atoms in total. The summed E-state index contributed by atoms with van der Waals surface area (Å²) in [6.45, 7) is 5.54. The highest BCUT2D eigenvalue weighted by Crippen LogP contribution is 2.01. The van der Waals surface area contributed by atoms with Crippen LogP contribution in [-0.2, 0) is 0 Å². The van der Waals surface area contributed by atoms with Crippen molar-refractivity contribution in [1.82, 2.24) is 0 Å². The molecule has 0 amide bonds. The summed E-state index contributed by atoms with van der Waals surface area (Å²) >= 11 is 0. The number of aliphatic hydroxyl groups excluding tert-OH is 1. The number of hydrogen-bond donors (Lipinski definition) is 1. The lowest BCUT2D eigenvalue weighted by Gasteiger charge is -1.91. The molecule has 0 saturated carbocycles. The first-order chi connectivity index (χ1) is 6.22. The summed E-state index contributed by atoms with van der Waals surface area (Å²) in [4.78, 5) is 0. The van der Waals surface area contributed by atoms with Crippen molar-refractivity contribution in [3.05, 3.63) is 47.5 Å². The average molecular weight is 172 g/mol. The molecular weight excluding hydrogens is 160 g/mol. The van der Waals surface area contributed by atoms with E-state index < -0.39 is 0 Å². The van der Waals surface area contributed by atoms with Gasteiger partial charge in [-0.15, -0.1) is 0 Å². The Morgan fingerprint density at radius 2 is 2.00 bits per heavy atom. The number of hydrogen-bond acceptors (Lipinski definition) is 1. The number of rotatable bonds is 1. The monoisotopic (exact) mass is 172 g/mol. The van der Waals surface area contributed by atoms with Crippen molar-refractivity contribution in [3.63, 3.8) is 0 Å². The largest absolute Gasteiger partial charge is 0.391 e. The lowest BCUT2D eigenvalue weighted by molar-refractivity contribution is 0.336. The lowest BCUT2D eigenvalue weighted by Crippen LogP contribution is -1.83. The van der Waals surface area contributed by atoms with Gasteiger partial charge in [0.15, 0.2) is 0 Å². The van der Waals surface area contributed by atoms with Gasteiger partial charge in [0.05, 0.1) is 6.61 Å². The second kappa shape index (κ2) is 4.49. The fraction of sp³-hybridized carbons (Fsp3) is 0.167. The molecule has 13 heavy (non-hydrogen) atoms. The molecule has 0 radical (unpaired) electrons. The third kappa shape index (κ3) is 3.14. The van der Waals surface area contributed by atoms with Gasteiger partial charge in [0.2, 0.25) is 0 Å². The minimum atomic E-state index is -0.0706. The second-order valence-corrected chi connectivity index (χ2v) is 2.88. The molecule has 1 rings (SSSR count). The first kappa shape index (κ1) is 9.57. The molecule has 1 aromatic carbocycles. The topological polar surface area (TPSA) is 20.2 Å². The van der Waals surface area contributed by atoms with Crippen LogP contribution in [0.4, 0.5) is 0 Å². The van der Waals surface area contributed by atoms with Crippen LogP contribution in [-0.4, -0.2) is 11.7 Å². The van der Waals surface area contributed by atoms with Crippen LogP contribution in [0.15, 0.2) is 36.4 Å². The summed E-state index contributed by atoms with van der Waals surface area (Å²) in [5.74, 6) is 5.69. The van der Waals surface area contributed by atoms with E-state index in [1.54, 1.807) is 0 Å². The van der Waals surface area contributed by atoms with Gasteiger partial charge in [-0.1, -0.05) is 36.1 Å². The van der Waals surface area contributed by atoms with E-state index in [4.69, 9.17) is 5.11 Å². The molecule has 0 heterocycles. The van der Waals surface area contributed by atoms with Crippen molar-refractivity contribution < 1.29 is 5.11 Å². The highest BCUT2D eigenvalue weighted by atomic mass is 16.3. The van der Waals surface area contributed by atoms with Crippen LogP contribution < -0.4 is 0 Å². The molecule has 0 aliphatic heterocycles. The molecule has 0 unspecified atom stereocenters. The SMILES string of the molecule is C=C(C#Cc1ccc(C)cc1)CO. The summed E-state index contributed by atoms with van der Waals surface area (Å²) in [6.07, 6.45) is 0. The Morgan fingerprint density at radius 1 is 1.38 bits per heavy atom. The van der Waals surface area contributed by atoms with Gasteiger partial charge in [0, 0.05) is 11.1 Å². The van der Waals surface area contributed by atoms with Crippen LogP contribution in [0.5, 0.6) is 0 Å². The van der Waals surface area contributed by atoms with E-state index >= 15 is 0 Å². The molecule has 1 N–H and O–H groups in total. The van der Waals surface area contributed by atoms with E-state index in [-0.39, 0.29) is 6.61 Å². The molecule has 0 aliphatic carbocycles. The Kier molecular flexibility index (Phi) is 3.31. The third-order valence-corrected chi connectivity index (χ3v) is 1.63. The molecule has 0 spiro atoms. The summed E-state index contributed by atoms with van der Waals surface area (Å²) in [7, 11) is 0. The van der Waals surface area contributed by atoms with E-state index in [0.717, 1.165) is 5.56 Å². The molecule has 1 heteroatoms. The predicted octanol–water partition coefficient (Wildman–Crippen LogP) is 1.90. The minimum Gasteiger partial charge on any atom is -0.391 e. The highest BCUT2D eigenvalue weighted by Gasteiger charge is 1.86. The smallest absolute Gasteiger partial charge is 0.0754 e. The van der Waals surface area contributed by atoms with Crippen molar-refractivity contribution in [2.24, 2.45) is 0 Å². The third-order valence-electron chi connectivity index (χ3n) is 1.63. The zero-order chi connectivity index (χ0) is 9.68. The molecule has 0 fully saturated rings. The maximum absolute atomic E-state index is 8.65. The Balaban J connectivity index is 2.78. The lowest BCUT2D eigenvalue weighted by atomic mass is 10.1. The molecule has 0 atom stereocenters. The Bertz CT molecular complexity index is 349. The molecular formula is C12H12O. The zero-order valence-electron chi connectivity index (χ0n) is 7.67. The Hall–Kier alpha value is -1.52. The van der Waals surface area contributed by atoms with Gasteiger partial charge in [0.25, 0.3) is 0 Å². The van der Waals surface area contributed by atoms with Gasteiger partial charge in [0.1, 0.15) is 0 Å². The summed E-state index contributed by atoms with van der Waals surface area (Å²) < 4.78 is 0. The van der Waals surface area contributed by atoms with Crippen molar-refractivity contribution in [1.29, 1.82) is 0 Å². The first-order valence-corrected chi connectivity index (χ1v) is 4.09. The van der Waals surface area contributed by atoms with Gasteiger partial charge < -0.3 is 5.11 Å². The van der Waals surface area contributed by atoms with Gasteiger partial charge in [-0.2, -0.15) is 0 Å². The van der Waals surface area contributed by atoms with E-state index in [1.807, 2.05) is 31.2 Å². The van der Waals surface area contributed by atoms with E-state index in [0.29, 0.717) is 5.57 Å². The Morgan fingerprint density at radius 3 is 2.54 bits per heavy atom. The van der Waals surface area contributed by atoms with E-state index in [2.05, 4.69) is 18.4 Å². The van der Waals surface area contributed by atoms with Gasteiger partial charge in [-0.3, -0.25) is 0 Å². The van der Waals surface area contributed by atoms with Crippen LogP contribution in [0.2, 0.25) is 0 Å². The van der Waals surface area contributed by atoms with Crippen molar-refractivity contribution >= 4 is 0 Å². The van der Waals surface area contributed by atoms with Crippen LogP contribution in [0, 0.1) is 18.8 Å². The maximum atomic E-state index is 8.65. The maximum Gasteiger partial charge on any atom is 0.0754 e. The standard InChI is InChI=1S/C12H12O/c1-10-3-6-12(7-4-10)8-5-11(2)9-13/h3-4,6-7,13H,2,9H2,1H3. The van der Waals surface area contributed by atoms with Crippen molar-refractivity contribution in [2.75, 3.05) is 6.61 Å². The summed E-state index contributed by atoms with van der Waals surface area (Å²) in [5, 5.41) is 8.65. The van der Waals surface area contributed by atoms with E-state index in [9.17, 15) is 0 Å². The molecule has 0 aromatic heterocycles. The number of aliphatic hydroxyl groups is 1. The Labute approximate surface area is 78.7 Å². The fourth-order valence-corrected chi connectivity index (χ4v) is 0.837. The van der Waals surface area contributed by atoms with E-state index in [1.165, 1.54) is 5.56 Å². The van der Waals surface area contributed by atoms with Crippen LogP contribution in [0.1, 0.15) is 11.1 Å². The average Bonchev–Trinajstić information content (AvgIpc) is 2.16. The molecule has 1 aromatic rings. The summed E-state index contributed by atoms with van der Waals surface area (Å²) in [6, 6.07) is 7.91. The normalized spacial score (nSPS) is 8.77. The number of benzene rings is 1. The zero-order valence-corrected chi connectivity index (χ0v) is 7.67. The second-order valence-electron chi connectivity index (χ2n) is 2.88. The van der Waals surface area contributed by atoms with Gasteiger partial charge in [-0.25, -0.2) is 0 Å². The molecule has 66 valence electrons. The molecule has 0 bridgehead atoms. The fourth-order valence-electron chi connectivity index (χ4n) is 0.837. The van der Waals surface area contributed by atoms with Crippen molar-refractivity contribution in [3.8, 4) is 11.8 Å². The van der Waals surface area contributed by atoms with Crippen LogP contribution in [0.25, 0.3) is 0 Å². The molecule has 0 saturated heterocycles. The van der Waals surface area contributed by atoms with Crippen molar-refractivity contribution in [2.45, 2.75) is 6.92 Å². The highest BCUT2D eigenvalue weighted by molar-refractivity contribution is 5.40. The number of aryl methyl sites for hydroxylation is 1. The molecule has 0 aliphatic rings. The van der Waals surface area contributed by atoms with Crippen LogP contribution in [0.3, 0.4) is 0 Å². The van der Waals surface area contributed by atoms with Gasteiger partial charge >= 0.3 is 0 Å². The quantitative estimate of drug-likeness (QED) is 0.641. The van der Waals surface area contributed by atoms with Gasteiger partial charge in [-0.05, 0) is 19.1 Å². The predicted molar refractivity (Wildman–Crippen MR) is 54.3 cm³/mol. The minimum absolute atomic E-state index is 0.0706. The van der Waals surface area contributed by atoms with Crippen LogP contribution >= 0.6 is 0 Å².